The molecule has 15 heavy (non-hydrogen) atoms. The number of carboxylic acid groups (broad SMARTS) is 1. The van der Waals surface area contributed by atoms with E-state index in [1.54, 1.807) is 18.2 Å². The summed E-state index contributed by atoms with van der Waals surface area (Å²) in [5, 5.41) is 18.8. The molecule has 4 nitrogen and oxygen atoms in total. The largest absolute Gasteiger partial charge is 0.506 e. The highest BCUT2D eigenvalue weighted by Crippen LogP contribution is 2.40. The molecule has 1 aliphatic heterocycles. The maximum Gasteiger partial charge on any atom is 0.311 e. The molecule has 4 heteroatoms. The molecule has 0 aliphatic carbocycles. The second kappa shape index (κ2) is 3.46. The second-order valence-corrected chi connectivity index (χ2v) is 3.82. The van der Waals surface area contributed by atoms with Crippen molar-refractivity contribution < 1.29 is 15.0 Å². The Morgan fingerprint density at radius 1 is 1.53 bits per heavy atom. The van der Waals surface area contributed by atoms with Crippen LogP contribution in [0.4, 0.5) is 5.69 Å². The molecule has 1 aromatic rings. The quantitative estimate of drug-likeness (QED) is 0.730. The number of nitrogens with zero attached hydrogens (tertiary/aromatic N) is 1. The second-order valence-electron chi connectivity index (χ2n) is 3.82. The minimum absolute atomic E-state index is 0.154. The number of carbonyl (C=O) groups is 1. The molecule has 2 rings (SSSR count). The van der Waals surface area contributed by atoms with Gasteiger partial charge in [0.2, 0.25) is 0 Å². The maximum atomic E-state index is 11.0. The average molecular weight is 207 g/mol. The third-order valence-corrected chi connectivity index (χ3v) is 2.85. The summed E-state index contributed by atoms with van der Waals surface area (Å²) in [4.78, 5) is 12.9. The Morgan fingerprint density at radius 3 is 2.93 bits per heavy atom. The van der Waals surface area contributed by atoms with Crippen LogP contribution < -0.4 is 4.90 Å². The van der Waals surface area contributed by atoms with E-state index in [2.05, 4.69) is 0 Å². The minimum Gasteiger partial charge on any atom is -0.506 e. The Labute approximate surface area is 87.8 Å². The van der Waals surface area contributed by atoms with Crippen molar-refractivity contribution in [2.75, 3.05) is 18.5 Å². The number of para-hydroxylation sites is 1. The number of carboxylic acids is 1. The maximum absolute atomic E-state index is 11.0. The lowest BCUT2D eigenvalue weighted by molar-refractivity contribution is -0.139. The molecule has 0 saturated carbocycles. The molecule has 0 radical (unpaired) electrons. The van der Waals surface area contributed by atoms with Crippen molar-refractivity contribution in [3.63, 3.8) is 0 Å². The fourth-order valence-corrected chi connectivity index (χ4v) is 2.09. The molecule has 1 aliphatic rings. The predicted molar refractivity (Wildman–Crippen MR) is 56.4 cm³/mol. The lowest BCUT2D eigenvalue weighted by atomic mass is 9.90. The highest BCUT2D eigenvalue weighted by molar-refractivity contribution is 5.82. The van der Waals surface area contributed by atoms with Crippen LogP contribution in [0.25, 0.3) is 0 Å². The van der Waals surface area contributed by atoms with Crippen molar-refractivity contribution in [2.45, 2.75) is 12.3 Å². The van der Waals surface area contributed by atoms with E-state index in [0.717, 1.165) is 0 Å². The number of fused-ring (bicyclic) bond motifs is 1. The highest BCUT2D eigenvalue weighted by Gasteiger charge is 2.29. The molecule has 80 valence electrons. The van der Waals surface area contributed by atoms with Gasteiger partial charge in [-0.05, 0) is 18.1 Å². The first-order valence-corrected chi connectivity index (χ1v) is 4.87. The molecule has 1 heterocycles. The van der Waals surface area contributed by atoms with Gasteiger partial charge in [-0.15, -0.1) is 0 Å². The zero-order chi connectivity index (χ0) is 11.0. The molecule has 0 amide bonds. The average Bonchev–Trinajstić information content (AvgIpc) is 2.17. The van der Waals surface area contributed by atoms with E-state index in [1.165, 1.54) is 0 Å². The van der Waals surface area contributed by atoms with Gasteiger partial charge in [0.05, 0.1) is 11.6 Å². The fraction of sp³-hybridized carbons (Fsp3) is 0.364. The van der Waals surface area contributed by atoms with Crippen LogP contribution in [0.1, 0.15) is 17.9 Å². The summed E-state index contributed by atoms with van der Waals surface area (Å²) in [5.74, 6) is -1.17. The van der Waals surface area contributed by atoms with Crippen molar-refractivity contribution >= 4 is 11.7 Å². The van der Waals surface area contributed by atoms with Crippen LogP contribution >= 0.6 is 0 Å². The van der Waals surface area contributed by atoms with Crippen LogP contribution in [0, 0.1) is 0 Å². The van der Waals surface area contributed by atoms with Crippen LogP contribution in [0.2, 0.25) is 0 Å². The summed E-state index contributed by atoms with van der Waals surface area (Å²) >= 11 is 0. The summed E-state index contributed by atoms with van der Waals surface area (Å²) in [5.41, 5.74) is 1.35. The predicted octanol–water partition coefficient (Wildman–Crippen LogP) is 1.40. The molecule has 0 aromatic heterocycles. The van der Waals surface area contributed by atoms with E-state index in [0.29, 0.717) is 24.2 Å². The fourth-order valence-electron chi connectivity index (χ4n) is 2.09. The van der Waals surface area contributed by atoms with Gasteiger partial charge < -0.3 is 15.1 Å². The summed E-state index contributed by atoms with van der Waals surface area (Å²) in [6, 6.07) is 5.03. The molecule has 0 spiro atoms. The van der Waals surface area contributed by atoms with Gasteiger partial charge in [0.1, 0.15) is 5.75 Å². The zero-order valence-electron chi connectivity index (χ0n) is 8.47. The van der Waals surface area contributed by atoms with Gasteiger partial charge in [-0.1, -0.05) is 12.1 Å². The number of aliphatic carboxylic acids is 1. The van der Waals surface area contributed by atoms with E-state index >= 15 is 0 Å². The first kappa shape index (κ1) is 9.83. The minimum atomic E-state index is -0.824. The first-order chi connectivity index (χ1) is 7.11. The van der Waals surface area contributed by atoms with Gasteiger partial charge >= 0.3 is 5.97 Å². The first-order valence-electron chi connectivity index (χ1n) is 4.87. The number of anilines is 1. The van der Waals surface area contributed by atoms with Gasteiger partial charge in [0.25, 0.3) is 0 Å². The smallest absolute Gasteiger partial charge is 0.311 e. The van der Waals surface area contributed by atoms with E-state index < -0.39 is 11.9 Å². The summed E-state index contributed by atoms with van der Waals surface area (Å²) < 4.78 is 0. The number of aromatic hydroxyl groups is 1. The topological polar surface area (TPSA) is 60.8 Å². The third-order valence-electron chi connectivity index (χ3n) is 2.85. The number of phenols is 1. The van der Waals surface area contributed by atoms with E-state index in [4.69, 9.17) is 5.11 Å². The number of benzene rings is 1. The van der Waals surface area contributed by atoms with Crippen molar-refractivity contribution in [1.82, 2.24) is 0 Å². The van der Waals surface area contributed by atoms with Crippen LogP contribution in [-0.2, 0) is 4.79 Å². The molecular weight excluding hydrogens is 194 g/mol. The van der Waals surface area contributed by atoms with Crippen LogP contribution in [0.3, 0.4) is 0 Å². The van der Waals surface area contributed by atoms with Gasteiger partial charge in [-0.3, -0.25) is 4.79 Å². The van der Waals surface area contributed by atoms with Crippen molar-refractivity contribution in [3.8, 4) is 5.75 Å². The van der Waals surface area contributed by atoms with Crippen LogP contribution in [-0.4, -0.2) is 29.8 Å². The molecule has 0 fully saturated rings. The van der Waals surface area contributed by atoms with Crippen molar-refractivity contribution in [1.29, 1.82) is 0 Å². The Morgan fingerprint density at radius 2 is 2.27 bits per heavy atom. The zero-order valence-corrected chi connectivity index (χ0v) is 8.47. The SMILES string of the molecule is CN1CCC(C(=O)O)c2cccc(O)c21. The summed E-state index contributed by atoms with van der Waals surface area (Å²) in [6.07, 6.45) is 0.586. The lowest BCUT2D eigenvalue weighted by Crippen LogP contribution is -2.30. The number of hydrogen-bond donors (Lipinski definition) is 2. The molecule has 0 bridgehead atoms. The van der Waals surface area contributed by atoms with Gasteiger partial charge in [-0.25, -0.2) is 0 Å². The monoisotopic (exact) mass is 207 g/mol. The number of rotatable bonds is 1. The lowest BCUT2D eigenvalue weighted by Gasteiger charge is -2.31. The van der Waals surface area contributed by atoms with Gasteiger partial charge in [0, 0.05) is 13.6 Å². The third kappa shape index (κ3) is 1.52. The molecule has 1 unspecified atom stereocenters. The molecule has 0 saturated heterocycles. The van der Waals surface area contributed by atoms with Gasteiger partial charge in [-0.2, -0.15) is 0 Å². The normalized spacial score (nSPS) is 19.8. The number of phenolic OH excluding ortho intramolecular Hbond substituents is 1. The Balaban J connectivity index is 2.55. The van der Waals surface area contributed by atoms with Crippen LogP contribution in [0.5, 0.6) is 5.75 Å². The Bertz CT molecular complexity index is 403. The molecule has 1 atom stereocenters. The van der Waals surface area contributed by atoms with Gasteiger partial charge in [0.15, 0.2) is 0 Å². The molecule has 2 N–H and O–H groups in total. The molecule has 1 aromatic carbocycles. The Kier molecular flexibility index (Phi) is 2.26. The summed E-state index contributed by atoms with van der Waals surface area (Å²) in [6.45, 7) is 0.654. The van der Waals surface area contributed by atoms with Crippen molar-refractivity contribution in [2.24, 2.45) is 0 Å². The van der Waals surface area contributed by atoms with E-state index in [-0.39, 0.29) is 5.75 Å². The molecular formula is C11H13NO3. The van der Waals surface area contributed by atoms with E-state index in [1.807, 2.05) is 11.9 Å². The van der Waals surface area contributed by atoms with Crippen LogP contribution in [0.15, 0.2) is 18.2 Å². The summed E-state index contributed by atoms with van der Waals surface area (Å²) in [7, 11) is 1.86. The van der Waals surface area contributed by atoms with E-state index in [9.17, 15) is 9.90 Å². The van der Waals surface area contributed by atoms with Crippen molar-refractivity contribution in [3.05, 3.63) is 23.8 Å². The highest BCUT2D eigenvalue weighted by atomic mass is 16.4. The number of hydrogen-bond acceptors (Lipinski definition) is 3. The Hall–Kier alpha value is -1.71. The standard InChI is InChI=1S/C11H13NO3/c1-12-6-5-8(11(14)15)7-3-2-4-9(13)10(7)12/h2-4,8,13H,5-6H2,1H3,(H,14,15).